The lowest BCUT2D eigenvalue weighted by Crippen LogP contribution is -2.03. The number of aryl methyl sites for hydroxylation is 2. The molecule has 1 aromatic heterocycles. The number of carbonyl (C=O) groups is 2. The van der Waals surface area contributed by atoms with Crippen molar-refractivity contribution >= 4 is 34.2 Å². The van der Waals surface area contributed by atoms with Crippen molar-refractivity contribution in [2.75, 3.05) is 6.26 Å². The number of fused-ring (bicyclic) bond motifs is 1. The molecule has 8 heteroatoms. The van der Waals surface area contributed by atoms with E-state index in [1.807, 2.05) is 36.6 Å². The van der Waals surface area contributed by atoms with Crippen molar-refractivity contribution in [2.45, 2.75) is 45.4 Å². The number of aromatic hydroxyl groups is 4. The van der Waals surface area contributed by atoms with Gasteiger partial charge in [-0.15, -0.1) is 11.8 Å². The fourth-order valence-corrected chi connectivity index (χ4v) is 5.98. The topological polar surface area (TPSA) is 131 Å². The zero-order chi connectivity index (χ0) is 31.2. The average molecular weight is 596 g/mol. The summed E-state index contributed by atoms with van der Waals surface area (Å²) in [5.41, 5.74) is 5.56. The third-order valence-electron chi connectivity index (χ3n) is 8.01. The average Bonchev–Trinajstić information content (AvgIpc) is 3.32. The summed E-state index contributed by atoms with van der Waals surface area (Å²) in [6.45, 7) is 6.05. The van der Waals surface area contributed by atoms with Crippen molar-refractivity contribution in [3.63, 3.8) is 0 Å². The van der Waals surface area contributed by atoms with Gasteiger partial charge in [0.15, 0.2) is 11.6 Å². The van der Waals surface area contributed by atoms with Gasteiger partial charge in [-0.2, -0.15) is 0 Å². The molecule has 0 unspecified atom stereocenters. The number of phenols is 4. The number of ketones is 2. The van der Waals surface area contributed by atoms with Crippen LogP contribution in [0.4, 0.5) is 0 Å². The van der Waals surface area contributed by atoms with Crippen molar-refractivity contribution in [2.24, 2.45) is 0 Å². The van der Waals surface area contributed by atoms with E-state index in [0.29, 0.717) is 22.4 Å². The fourth-order valence-electron chi connectivity index (χ4n) is 5.58. The summed E-state index contributed by atoms with van der Waals surface area (Å²) in [5, 5.41) is 44.9. The number of phenolic OH excluding ortho intramolecular Hbond substituents is 4. The molecule has 0 bridgehead atoms. The summed E-state index contributed by atoms with van der Waals surface area (Å²) in [5.74, 6) is -1.49. The van der Waals surface area contributed by atoms with E-state index in [2.05, 4.69) is 17.1 Å². The summed E-state index contributed by atoms with van der Waals surface area (Å²) in [7, 11) is 0. The van der Waals surface area contributed by atoms with Crippen LogP contribution in [-0.4, -0.2) is 43.2 Å². The molecular formula is C35H33NO6S. The Balaban J connectivity index is 1.74. The maximum absolute atomic E-state index is 12.3. The van der Waals surface area contributed by atoms with E-state index in [-0.39, 0.29) is 69.7 Å². The normalized spacial score (nSPS) is 11.3. The van der Waals surface area contributed by atoms with Gasteiger partial charge in [-0.3, -0.25) is 9.59 Å². The van der Waals surface area contributed by atoms with Crippen molar-refractivity contribution in [3.05, 3.63) is 99.2 Å². The van der Waals surface area contributed by atoms with E-state index in [1.54, 1.807) is 25.6 Å². The first-order valence-electron chi connectivity index (χ1n) is 13.8. The molecule has 7 nitrogen and oxygen atoms in total. The molecule has 0 aliphatic carbocycles. The Morgan fingerprint density at radius 1 is 0.674 bits per heavy atom. The summed E-state index contributed by atoms with van der Waals surface area (Å²) in [6, 6.07) is 17.1. The summed E-state index contributed by atoms with van der Waals surface area (Å²) in [6.07, 6.45) is 2.11. The molecule has 0 aliphatic rings. The van der Waals surface area contributed by atoms with E-state index < -0.39 is 0 Å². The van der Waals surface area contributed by atoms with Gasteiger partial charge < -0.3 is 25.4 Å². The number of benzene rings is 4. The molecular weight excluding hydrogens is 562 g/mol. The number of H-pyrrole nitrogens is 1. The summed E-state index contributed by atoms with van der Waals surface area (Å²) in [4.78, 5) is 29.1. The van der Waals surface area contributed by atoms with Crippen LogP contribution >= 0.6 is 11.8 Å². The monoisotopic (exact) mass is 595 g/mol. The van der Waals surface area contributed by atoms with Crippen molar-refractivity contribution in [3.8, 4) is 34.1 Å². The highest BCUT2D eigenvalue weighted by Gasteiger charge is 2.24. The molecule has 0 amide bonds. The summed E-state index contributed by atoms with van der Waals surface area (Å²) < 4.78 is 0. The van der Waals surface area contributed by atoms with Crippen LogP contribution in [-0.2, 0) is 12.8 Å². The predicted molar refractivity (Wildman–Crippen MR) is 170 cm³/mol. The SMILES string of the molecule is CSc1ccc(-c2ccc3[nH]c(Cc4c(O)c(C)cc(C(C)=O)c4O)c(Cc4c(O)c(C)cc(C(C)=O)c4O)c3c2)cc1. The minimum absolute atomic E-state index is 0.0360. The number of nitrogens with one attached hydrogen (secondary N) is 1. The molecule has 4 aromatic carbocycles. The van der Waals surface area contributed by atoms with Gasteiger partial charge in [0.1, 0.15) is 23.0 Å². The molecule has 0 radical (unpaired) electrons. The zero-order valence-corrected chi connectivity index (χ0v) is 25.4. The molecule has 43 heavy (non-hydrogen) atoms. The van der Waals surface area contributed by atoms with Crippen LogP contribution < -0.4 is 0 Å². The van der Waals surface area contributed by atoms with Crippen molar-refractivity contribution < 1.29 is 30.0 Å². The molecule has 220 valence electrons. The lowest BCUT2D eigenvalue weighted by atomic mass is 9.91. The number of carbonyl (C=O) groups excluding carboxylic acids is 2. The number of aromatic amines is 1. The second kappa shape index (κ2) is 11.5. The van der Waals surface area contributed by atoms with Crippen molar-refractivity contribution in [1.29, 1.82) is 0 Å². The molecule has 5 N–H and O–H groups in total. The summed E-state index contributed by atoms with van der Waals surface area (Å²) >= 11 is 1.66. The Bertz CT molecular complexity index is 1920. The van der Waals surface area contributed by atoms with Gasteiger partial charge in [0.25, 0.3) is 0 Å². The van der Waals surface area contributed by atoms with Gasteiger partial charge in [0, 0.05) is 45.5 Å². The number of hydrogen-bond donors (Lipinski definition) is 5. The zero-order valence-electron chi connectivity index (χ0n) is 24.6. The Hall–Kier alpha value is -4.69. The Kier molecular flexibility index (Phi) is 7.99. The molecule has 0 spiro atoms. The van der Waals surface area contributed by atoms with E-state index in [1.165, 1.54) is 26.0 Å². The second-order valence-corrected chi connectivity index (χ2v) is 11.8. The highest BCUT2D eigenvalue weighted by molar-refractivity contribution is 7.98. The maximum Gasteiger partial charge on any atom is 0.163 e. The van der Waals surface area contributed by atoms with E-state index in [9.17, 15) is 30.0 Å². The van der Waals surface area contributed by atoms with Gasteiger partial charge in [-0.25, -0.2) is 0 Å². The number of Topliss-reactive ketones (excluding diaryl/α,β-unsaturated/α-hetero) is 2. The minimum Gasteiger partial charge on any atom is -0.507 e. The first-order valence-corrected chi connectivity index (χ1v) is 15.0. The highest BCUT2D eigenvalue weighted by atomic mass is 32.2. The molecule has 1 heterocycles. The fraction of sp³-hybridized carbons (Fsp3) is 0.200. The largest absolute Gasteiger partial charge is 0.507 e. The van der Waals surface area contributed by atoms with Gasteiger partial charge in [0.05, 0.1) is 11.1 Å². The second-order valence-electron chi connectivity index (χ2n) is 10.9. The first kappa shape index (κ1) is 29.8. The minimum atomic E-state index is -0.331. The number of thioether (sulfide) groups is 1. The van der Waals surface area contributed by atoms with Crippen LogP contribution in [0.5, 0.6) is 23.0 Å². The van der Waals surface area contributed by atoms with Crippen LogP contribution in [0.2, 0.25) is 0 Å². The smallest absolute Gasteiger partial charge is 0.163 e. The Morgan fingerprint density at radius 3 is 1.70 bits per heavy atom. The molecule has 5 rings (SSSR count). The van der Waals surface area contributed by atoms with Gasteiger partial charge in [-0.1, -0.05) is 18.2 Å². The van der Waals surface area contributed by atoms with E-state index in [4.69, 9.17) is 0 Å². The van der Waals surface area contributed by atoms with Crippen LogP contribution in [0, 0.1) is 13.8 Å². The molecule has 0 saturated heterocycles. The maximum atomic E-state index is 12.3. The lowest BCUT2D eigenvalue weighted by molar-refractivity contribution is 0.100. The molecule has 0 fully saturated rings. The molecule has 0 atom stereocenters. The van der Waals surface area contributed by atoms with Crippen molar-refractivity contribution in [1.82, 2.24) is 4.98 Å². The number of aromatic nitrogens is 1. The third-order valence-corrected chi connectivity index (χ3v) is 8.75. The van der Waals surface area contributed by atoms with Gasteiger partial charge >= 0.3 is 0 Å². The Labute approximate surface area is 253 Å². The van der Waals surface area contributed by atoms with E-state index in [0.717, 1.165) is 26.9 Å². The van der Waals surface area contributed by atoms with Gasteiger partial charge in [-0.05, 0) is 98.2 Å². The standard InChI is InChI=1S/C35H33NO6S/c1-17-12-24(19(3)37)34(41)28(32(17)39)15-27-26-14-22(21-6-9-23(43-5)10-7-21)8-11-30(26)36-31(27)16-29-33(40)18(2)13-25(20(4)38)35(29)42/h6-14,36,39-42H,15-16H2,1-5H3. The lowest BCUT2D eigenvalue weighted by Gasteiger charge is -2.16. The number of hydrogen-bond acceptors (Lipinski definition) is 7. The Morgan fingerprint density at radius 2 is 1.19 bits per heavy atom. The molecule has 0 aliphatic heterocycles. The number of rotatable bonds is 8. The predicted octanol–water partition coefficient (Wildman–Crippen LogP) is 7.58. The quantitative estimate of drug-likeness (QED) is 0.0923. The molecule has 5 aromatic rings. The van der Waals surface area contributed by atoms with E-state index >= 15 is 0 Å². The van der Waals surface area contributed by atoms with Crippen LogP contribution in [0.3, 0.4) is 0 Å². The van der Waals surface area contributed by atoms with Crippen LogP contribution in [0.1, 0.15) is 68.1 Å². The third kappa shape index (κ3) is 5.46. The highest BCUT2D eigenvalue weighted by Crippen LogP contribution is 2.41. The van der Waals surface area contributed by atoms with Gasteiger partial charge in [0.2, 0.25) is 0 Å². The first-order chi connectivity index (χ1) is 20.4. The van der Waals surface area contributed by atoms with Crippen LogP contribution in [0.25, 0.3) is 22.0 Å². The van der Waals surface area contributed by atoms with Crippen LogP contribution in [0.15, 0.2) is 59.5 Å². The molecule has 0 saturated carbocycles.